The van der Waals surface area contributed by atoms with Gasteiger partial charge in [-0.05, 0) is 38.5 Å². The maximum absolute atomic E-state index is 13.2. The molecular formula is C63H119NO18. The molecule has 3 heterocycles. The van der Waals surface area contributed by atoms with Gasteiger partial charge in [-0.25, -0.2) is 0 Å². The number of hydrogen-bond donors (Lipinski definition) is 12. The Bertz CT molecular complexity index is 1550. The van der Waals surface area contributed by atoms with E-state index in [1.807, 2.05) is 0 Å². The van der Waals surface area contributed by atoms with Gasteiger partial charge in [-0.3, -0.25) is 4.79 Å². The first-order valence-corrected chi connectivity index (χ1v) is 32.9. The molecule has 0 aromatic rings. The average Bonchev–Trinajstić information content (AvgIpc) is 3.49. The van der Waals surface area contributed by atoms with Gasteiger partial charge in [0.25, 0.3) is 0 Å². The summed E-state index contributed by atoms with van der Waals surface area (Å²) in [5.74, 6) is -0.248. The second-order valence-corrected chi connectivity index (χ2v) is 23.9. The van der Waals surface area contributed by atoms with Gasteiger partial charge in [0.2, 0.25) is 5.91 Å². The van der Waals surface area contributed by atoms with Crippen LogP contribution in [0.2, 0.25) is 0 Å². The molecule has 3 saturated heterocycles. The molecule has 12 N–H and O–H groups in total. The van der Waals surface area contributed by atoms with Crippen molar-refractivity contribution in [3.8, 4) is 0 Å². The van der Waals surface area contributed by atoms with Crippen LogP contribution in [0.3, 0.4) is 0 Å². The Morgan fingerprint density at radius 2 is 0.768 bits per heavy atom. The largest absolute Gasteiger partial charge is 0.394 e. The van der Waals surface area contributed by atoms with Crippen molar-refractivity contribution < 1.29 is 89.4 Å². The molecule has 19 heteroatoms. The lowest BCUT2D eigenvalue weighted by molar-refractivity contribution is -0.379. The van der Waals surface area contributed by atoms with Gasteiger partial charge in [-0.1, -0.05) is 219 Å². The fourth-order valence-electron chi connectivity index (χ4n) is 11.4. The maximum Gasteiger partial charge on any atom is 0.220 e. The number of carbonyl (C=O) groups excluding carboxylic acids is 1. The summed E-state index contributed by atoms with van der Waals surface area (Å²) in [5, 5.41) is 120. The SMILES string of the molecule is CCCCCCCCCC/C=C\CCCCCCCCCCCCCCCCCCCCCCCC(=O)NC(COC1OC(CO)C(OC2OC(CO)C(OC3OC(CO)C(O)C(O)C3O)C(O)C2O)C(O)C1O)C(O)CCCCCC. The lowest BCUT2D eigenvalue weighted by atomic mass is 9.96. The van der Waals surface area contributed by atoms with Crippen LogP contribution in [0, 0.1) is 0 Å². The van der Waals surface area contributed by atoms with E-state index in [-0.39, 0.29) is 18.9 Å². The van der Waals surface area contributed by atoms with E-state index in [4.69, 9.17) is 28.4 Å². The molecule has 19 nitrogen and oxygen atoms in total. The zero-order chi connectivity index (χ0) is 59.7. The molecule has 0 aliphatic carbocycles. The molecule has 17 unspecified atom stereocenters. The molecule has 484 valence electrons. The van der Waals surface area contributed by atoms with Crippen molar-refractivity contribution in [3.63, 3.8) is 0 Å². The fourth-order valence-corrected chi connectivity index (χ4v) is 11.4. The van der Waals surface area contributed by atoms with Crippen LogP contribution in [-0.2, 0) is 33.2 Å². The smallest absolute Gasteiger partial charge is 0.220 e. The number of aliphatic hydroxyl groups is 11. The summed E-state index contributed by atoms with van der Waals surface area (Å²) in [6.07, 6.45) is 22.9. The van der Waals surface area contributed by atoms with Crippen LogP contribution < -0.4 is 5.32 Å². The van der Waals surface area contributed by atoms with Crippen molar-refractivity contribution in [1.29, 1.82) is 0 Å². The number of rotatable bonds is 50. The van der Waals surface area contributed by atoms with Crippen molar-refractivity contribution in [3.05, 3.63) is 12.2 Å². The topological polar surface area (TPSA) is 307 Å². The van der Waals surface area contributed by atoms with Crippen LogP contribution in [-0.4, -0.2) is 193 Å². The quantitative estimate of drug-likeness (QED) is 0.0210. The summed E-state index contributed by atoms with van der Waals surface area (Å²) in [6.45, 7) is 1.66. The summed E-state index contributed by atoms with van der Waals surface area (Å²) in [4.78, 5) is 13.2. The predicted molar refractivity (Wildman–Crippen MR) is 314 cm³/mol. The standard InChI is InChI=1S/C63H119NO18/c1-3-5-7-9-10-11-12-13-14-15-16-17-18-19-20-21-22-23-24-25-26-27-28-29-30-31-32-33-34-35-36-37-39-41-51(69)64-46(47(68)40-38-8-6-4-2)45-77-61-57(75)54(72)59(49(43-66)79-61)82-63-58(76)55(73)60(50(44-67)80-63)81-62-56(74)53(71)52(70)48(42-65)78-62/h15-16,46-50,52-63,65-68,70-76H,3-14,17-45H2,1-2H3,(H,64,69)/b16-15-. The van der Waals surface area contributed by atoms with Crippen LogP contribution in [0.4, 0.5) is 0 Å². The van der Waals surface area contributed by atoms with Crippen molar-refractivity contribution in [2.75, 3.05) is 26.4 Å². The first kappa shape index (κ1) is 74.8. The number of unbranched alkanes of at least 4 members (excludes halogenated alkanes) is 32. The molecular weight excluding hydrogens is 1060 g/mol. The number of aliphatic hydroxyl groups excluding tert-OH is 11. The number of nitrogens with one attached hydrogen (secondary N) is 1. The summed E-state index contributed by atoms with van der Waals surface area (Å²) in [6, 6.07) is -0.878. The number of amides is 1. The Morgan fingerprint density at radius 1 is 0.427 bits per heavy atom. The Morgan fingerprint density at radius 3 is 1.18 bits per heavy atom. The highest BCUT2D eigenvalue weighted by Gasteiger charge is 2.53. The van der Waals surface area contributed by atoms with Gasteiger partial charge >= 0.3 is 0 Å². The highest BCUT2D eigenvalue weighted by atomic mass is 16.8. The minimum atomic E-state index is -1.97. The van der Waals surface area contributed by atoms with Crippen LogP contribution in [0.25, 0.3) is 0 Å². The lowest BCUT2D eigenvalue weighted by Gasteiger charge is -2.48. The lowest BCUT2D eigenvalue weighted by Crippen LogP contribution is -2.66. The molecule has 1 amide bonds. The van der Waals surface area contributed by atoms with Crippen molar-refractivity contribution in [1.82, 2.24) is 5.32 Å². The highest BCUT2D eigenvalue weighted by Crippen LogP contribution is 2.33. The third kappa shape index (κ3) is 29.5. The zero-order valence-corrected chi connectivity index (χ0v) is 50.7. The first-order valence-electron chi connectivity index (χ1n) is 32.9. The minimum Gasteiger partial charge on any atom is -0.394 e. The van der Waals surface area contributed by atoms with Crippen molar-refractivity contribution >= 4 is 5.91 Å². The second-order valence-electron chi connectivity index (χ2n) is 23.9. The molecule has 17 atom stereocenters. The van der Waals surface area contributed by atoms with Gasteiger partial charge in [0.05, 0.1) is 38.6 Å². The maximum atomic E-state index is 13.2. The van der Waals surface area contributed by atoms with Crippen LogP contribution in [0.15, 0.2) is 12.2 Å². The number of ether oxygens (including phenoxy) is 6. The second kappa shape index (κ2) is 46.7. The molecule has 3 aliphatic rings. The van der Waals surface area contributed by atoms with Crippen LogP contribution >= 0.6 is 0 Å². The van der Waals surface area contributed by atoms with E-state index >= 15 is 0 Å². The van der Waals surface area contributed by atoms with E-state index in [9.17, 15) is 61.0 Å². The van der Waals surface area contributed by atoms with Gasteiger partial charge in [0.1, 0.15) is 73.2 Å². The number of allylic oxidation sites excluding steroid dienone is 2. The number of hydrogen-bond acceptors (Lipinski definition) is 18. The normalized spacial score (nSPS) is 29.6. The third-order valence-electron chi connectivity index (χ3n) is 16.8. The molecule has 3 rings (SSSR count). The van der Waals surface area contributed by atoms with E-state index in [1.165, 1.54) is 173 Å². The Hall–Kier alpha value is -1.47. The van der Waals surface area contributed by atoms with E-state index in [0.717, 1.165) is 38.5 Å². The number of carbonyl (C=O) groups is 1. The Balaban J connectivity index is 1.25. The van der Waals surface area contributed by atoms with E-state index in [2.05, 4.69) is 31.3 Å². The molecule has 0 aromatic carbocycles. The fraction of sp³-hybridized carbons (Fsp3) is 0.952. The van der Waals surface area contributed by atoms with Gasteiger partial charge in [-0.2, -0.15) is 0 Å². The third-order valence-corrected chi connectivity index (χ3v) is 16.8. The molecule has 3 fully saturated rings. The predicted octanol–water partition coefficient (Wildman–Crippen LogP) is 7.33. The summed E-state index contributed by atoms with van der Waals surface area (Å²) in [7, 11) is 0. The van der Waals surface area contributed by atoms with Crippen molar-refractivity contribution in [2.24, 2.45) is 0 Å². The van der Waals surface area contributed by atoms with E-state index < -0.39 is 124 Å². The monoisotopic (exact) mass is 1180 g/mol. The molecule has 3 aliphatic heterocycles. The molecule has 0 radical (unpaired) electrons. The molecule has 0 spiro atoms. The zero-order valence-electron chi connectivity index (χ0n) is 50.7. The van der Waals surface area contributed by atoms with Crippen LogP contribution in [0.1, 0.15) is 251 Å². The summed E-state index contributed by atoms with van der Waals surface area (Å²) < 4.78 is 34.1. The molecule has 0 bridgehead atoms. The van der Waals surface area contributed by atoms with Gasteiger partial charge in [0, 0.05) is 6.42 Å². The van der Waals surface area contributed by atoms with Gasteiger partial charge in [-0.15, -0.1) is 0 Å². The van der Waals surface area contributed by atoms with Gasteiger partial charge < -0.3 is 89.9 Å². The molecule has 0 saturated carbocycles. The van der Waals surface area contributed by atoms with Crippen LogP contribution in [0.5, 0.6) is 0 Å². The highest BCUT2D eigenvalue weighted by molar-refractivity contribution is 5.76. The molecule has 82 heavy (non-hydrogen) atoms. The summed E-state index contributed by atoms with van der Waals surface area (Å²) in [5.41, 5.74) is 0. The molecule has 0 aromatic heterocycles. The average molecular weight is 1180 g/mol. The first-order chi connectivity index (χ1) is 39.8. The van der Waals surface area contributed by atoms with E-state index in [0.29, 0.717) is 19.3 Å². The summed E-state index contributed by atoms with van der Waals surface area (Å²) >= 11 is 0. The Labute approximate surface area is 493 Å². The van der Waals surface area contributed by atoms with E-state index in [1.54, 1.807) is 0 Å². The van der Waals surface area contributed by atoms with Gasteiger partial charge in [0.15, 0.2) is 18.9 Å². The minimum absolute atomic E-state index is 0.248. The van der Waals surface area contributed by atoms with Crippen molar-refractivity contribution in [2.45, 2.75) is 356 Å². The Kier molecular flexibility index (Phi) is 42.5.